The Hall–Kier alpha value is -2.64. The van der Waals surface area contributed by atoms with Gasteiger partial charge in [-0.15, -0.1) is 17.5 Å². The van der Waals surface area contributed by atoms with Crippen LogP contribution in [0.15, 0.2) is 42.5 Å². The zero-order valence-corrected chi connectivity index (χ0v) is 21.2. The third-order valence-electron chi connectivity index (χ3n) is 7.25. The fourth-order valence-corrected chi connectivity index (χ4v) is 5.46. The summed E-state index contributed by atoms with van der Waals surface area (Å²) in [5, 5.41) is 13.2. The van der Waals surface area contributed by atoms with Gasteiger partial charge in [0.15, 0.2) is 5.82 Å². The summed E-state index contributed by atoms with van der Waals surface area (Å²) in [5.41, 5.74) is 5.12. The number of anilines is 1. The highest BCUT2D eigenvalue weighted by Gasteiger charge is 2.34. The molecule has 1 aromatic heterocycles. The Bertz CT molecular complexity index is 1090. The highest BCUT2D eigenvalue weighted by atomic mass is 35.5. The van der Waals surface area contributed by atoms with E-state index in [1.807, 2.05) is 12.1 Å². The second-order valence-corrected chi connectivity index (χ2v) is 9.38. The second kappa shape index (κ2) is 10.7. The minimum absolute atomic E-state index is 0. The van der Waals surface area contributed by atoms with Crippen LogP contribution in [0.1, 0.15) is 60.3 Å². The number of hydrogen-bond acceptors (Lipinski definition) is 6. The summed E-state index contributed by atoms with van der Waals surface area (Å²) in [7, 11) is 1.74. The number of nitrogens with zero attached hydrogens (tertiary/aromatic N) is 6. The Labute approximate surface area is 208 Å². The molecule has 1 unspecified atom stereocenters. The molecule has 1 aliphatic heterocycles. The number of aryl methyl sites for hydroxylation is 2. The van der Waals surface area contributed by atoms with Crippen molar-refractivity contribution in [3.63, 3.8) is 0 Å². The molecule has 1 saturated heterocycles. The van der Waals surface area contributed by atoms with Gasteiger partial charge in [-0.1, -0.05) is 43.2 Å². The van der Waals surface area contributed by atoms with Crippen LogP contribution >= 0.6 is 12.4 Å². The fraction of sp³-hybridized carbons (Fsp3) is 0.500. The molecule has 2 aromatic carbocycles. The molecule has 1 saturated carbocycles. The predicted octanol–water partition coefficient (Wildman–Crippen LogP) is 4.75. The van der Waals surface area contributed by atoms with E-state index in [9.17, 15) is 0 Å². The van der Waals surface area contributed by atoms with E-state index in [2.05, 4.69) is 74.2 Å². The summed E-state index contributed by atoms with van der Waals surface area (Å²) < 4.78 is 7.88. The summed E-state index contributed by atoms with van der Waals surface area (Å²) in [6.45, 7) is 8.19. The third kappa shape index (κ3) is 4.77. The first-order valence-corrected chi connectivity index (χ1v) is 12.1. The molecule has 1 atom stereocenters. The van der Waals surface area contributed by atoms with E-state index >= 15 is 0 Å². The molecular formula is C26H35ClN6O. The topological polar surface area (TPSA) is 59.3 Å². The summed E-state index contributed by atoms with van der Waals surface area (Å²) in [6.07, 6.45) is 4.80. The Morgan fingerprint density at radius 3 is 2.44 bits per heavy atom. The molecule has 34 heavy (non-hydrogen) atoms. The van der Waals surface area contributed by atoms with Gasteiger partial charge in [-0.3, -0.25) is 4.90 Å². The molecule has 1 aliphatic carbocycles. The number of para-hydroxylation sites is 1. The Kier molecular flexibility index (Phi) is 7.73. The van der Waals surface area contributed by atoms with Gasteiger partial charge in [-0.05, 0) is 60.4 Å². The standard InChI is InChI=1S/C26H34N6O.ClH/c1-19-12-13-20(2)23(18-19)30-14-16-31(17-15-30)25(22-10-6-7-11-24(22)33-3)26-27-28-29-32(26)21-8-4-5-9-21;/h6-7,10-13,18,21,25H,4-5,8-9,14-17H2,1-3H3;1H. The largest absolute Gasteiger partial charge is 0.496 e. The molecule has 8 heteroatoms. The minimum atomic E-state index is -0.0301. The maximum absolute atomic E-state index is 5.78. The molecule has 0 bridgehead atoms. The van der Waals surface area contributed by atoms with E-state index in [-0.39, 0.29) is 18.4 Å². The molecule has 3 aromatic rings. The van der Waals surface area contributed by atoms with Crippen molar-refractivity contribution in [1.82, 2.24) is 25.1 Å². The van der Waals surface area contributed by atoms with Crippen LogP contribution in [0, 0.1) is 13.8 Å². The molecule has 0 spiro atoms. The van der Waals surface area contributed by atoms with Crippen molar-refractivity contribution in [2.75, 3.05) is 38.2 Å². The van der Waals surface area contributed by atoms with Gasteiger partial charge in [-0.25, -0.2) is 4.68 Å². The number of piperazine rings is 1. The number of rotatable bonds is 6. The number of methoxy groups -OCH3 is 1. The van der Waals surface area contributed by atoms with E-state index in [0.717, 1.165) is 56.2 Å². The van der Waals surface area contributed by atoms with Gasteiger partial charge < -0.3 is 9.64 Å². The summed E-state index contributed by atoms with van der Waals surface area (Å²) in [6, 6.07) is 15.4. The Balaban J connectivity index is 0.00000274. The lowest BCUT2D eigenvalue weighted by atomic mass is 10.0. The number of tetrazole rings is 1. The lowest BCUT2D eigenvalue weighted by molar-refractivity contribution is 0.194. The number of hydrogen-bond donors (Lipinski definition) is 0. The average molecular weight is 483 g/mol. The SMILES string of the molecule is COc1ccccc1C(c1nnnn1C1CCCC1)N1CCN(c2cc(C)ccc2C)CC1.Cl. The van der Waals surface area contributed by atoms with Gasteiger partial charge in [0.2, 0.25) is 0 Å². The second-order valence-electron chi connectivity index (χ2n) is 9.38. The lowest BCUT2D eigenvalue weighted by Crippen LogP contribution is -2.48. The van der Waals surface area contributed by atoms with Crippen LogP contribution in [0.4, 0.5) is 5.69 Å². The monoisotopic (exact) mass is 482 g/mol. The quantitative estimate of drug-likeness (QED) is 0.505. The molecule has 5 rings (SSSR count). The highest BCUT2D eigenvalue weighted by molar-refractivity contribution is 5.85. The molecule has 2 aliphatic rings. The summed E-state index contributed by atoms with van der Waals surface area (Å²) in [5.74, 6) is 1.83. The summed E-state index contributed by atoms with van der Waals surface area (Å²) >= 11 is 0. The van der Waals surface area contributed by atoms with E-state index in [0.29, 0.717) is 6.04 Å². The van der Waals surface area contributed by atoms with E-state index in [1.165, 1.54) is 29.7 Å². The molecule has 7 nitrogen and oxygen atoms in total. The smallest absolute Gasteiger partial charge is 0.173 e. The number of aromatic nitrogens is 4. The Morgan fingerprint density at radius 2 is 1.71 bits per heavy atom. The maximum Gasteiger partial charge on any atom is 0.173 e. The predicted molar refractivity (Wildman–Crippen MR) is 137 cm³/mol. The van der Waals surface area contributed by atoms with Crippen LogP contribution in [0.25, 0.3) is 0 Å². The van der Waals surface area contributed by atoms with Crippen LogP contribution < -0.4 is 9.64 Å². The van der Waals surface area contributed by atoms with Crippen LogP contribution in [-0.2, 0) is 0 Å². The Morgan fingerprint density at radius 1 is 0.971 bits per heavy atom. The first kappa shape index (κ1) is 24.5. The van der Waals surface area contributed by atoms with Crippen molar-refractivity contribution in [3.05, 3.63) is 65.0 Å². The van der Waals surface area contributed by atoms with Crippen molar-refractivity contribution < 1.29 is 4.74 Å². The summed E-state index contributed by atoms with van der Waals surface area (Å²) in [4.78, 5) is 5.04. The zero-order chi connectivity index (χ0) is 22.8. The fourth-order valence-electron chi connectivity index (χ4n) is 5.46. The number of ether oxygens (including phenoxy) is 1. The first-order chi connectivity index (χ1) is 16.2. The van der Waals surface area contributed by atoms with Gasteiger partial charge in [-0.2, -0.15) is 0 Å². The van der Waals surface area contributed by atoms with Gasteiger partial charge >= 0.3 is 0 Å². The molecule has 0 N–H and O–H groups in total. The van der Waals surface area contributed by atoms with Gasteiger partial charge in [0, 0.05) is 37.4 Å². The van der Waals surface area contributed by atoms with Crippen LogP contribution in [0.5, 0.6) is 5.75 Å². The van der Waals surface area contributed by atoms with E-state index in [1.54, 1.807) is 7.11 Å². The molecule has 182 valence electrons. The van der Waals surface area contributed by atoms with E-state index < -0.39 is 0 Å². The lowest BCUT2D eigenvalue weighted by Gasteiger charge is -2.40. The van der Waals surface area contributed by atoms with Gasteiger partial charge in [0.25, 0.3) is 0 Å². The molecule has 2 heterocycles. The highest BCUT2D eigenvalue weighted by Crippen LogP contribution is 2.38. The van der Waals surface area contributed by atoms with Crippen molar-refractivity contribution in [1.29, 1.82) is 0 Å². The molecular weight excluding hydrogens is 448 g/mol. The van der Waals surface area contributed by atoms with Crippen LogP contribution in [-0.4, -0.2) is 58.4 Å². The zero-order valence-electron chi connectivity index (χ0n) is 20.4. The first-order valence-electron chi connectivity index (χ1n) is 12.1. The van der Waals surface area contributed by atoms with Crippen LogP contribution in [0.3, 0.4) is 0 Å². The maximum atomic E-state index is 5.78. The van der Waals surface area contributed by atoms with Crippen molar-refractivity contribution in [2.45, 2.75) is 51.6 Å². The number of halogens is 1. The minimum Gasteiger partial charge on any atom is -0.496 e. The molecule has 0 radical (unpaired) electrons. The van der Waals surface area contributed by atoms with Gasteiger partial charge in [0.1, 0.15) is 11.8 Å². The molecule has 0 amide bonds. The number of benzene rings is 2. The van der Waals surface area contributed by atoms with Crippen molar-refractivity contribution in [3.8, 4) is 5.75 Å². The third-order valence-corrected chi connectivity index (χ3v) is 7.25. The van der Waals surface area contributed by atoms with Crippen LogP contribution in [0.2, 0.25) is 0 Å². The normalized spacial score (nSPS) is 18.0. The average Bonchev–Trinajstić information content (AvgIpc) is 3.54. The molecule has 2 fully saturated rings. The van der Waals surface area contributed by atoms with Crippen molar-refractivity contribution in [2.24, 2.45) is 0 Å². The van der Waals surface area contributed by atoms with E-state index in [4.69, 9.17) is 4.74 Å². The van der Waals surface area contributed by atoms with Crippen molar-refractivity contribution >= 4 is 18.1 Å². The van der Waals surface area contributed by atoms with Gasteiger partial charge in [0.05, 0.1) is 13.2 Å².